The van der Waals surface area contributed by atoms with Crippen molar-refractivity contribution in [2.45, 2.75) is 25.9 Å². The van der Waals surface area contributed by atoms with Crippen LogP contribution in [-0.4, -0.2) is 11.0 Å². The van der Waals surface area contributed by atoms with Crippen LogP contribution in [0.4, 0.5) is 13.2 Å². The zero-order valence-corrected chi connectivity index (χ0v) is 13.1. The van der Waals surface area contributed by atoms with Crippen LogP contribution in [0.3, 0.4) is 0 Å². The lowest BCUT2D eigenvalue weighted by Crippen LogP contribution is -2.31. The average molecular weight is 359 g/mol. The molecule has 1 atom stereocenters. The standard InChI is InChI=1S/C15H14BrF3N2/c1-8(2)21-15(12-6-3-9(17)7-20-12)13-11(18)5-4-10(16)14(13)19/h3-8,15,21H,1-2H3. The maximum Gasteiger partial charge on any atom is 0.145 e. The van der Waals surface area contributed by atoms with E-state index in [0.717, 1.165) is 6.20 Å². The highest BCUT2D eigenvalue weighted by Crippen LogP contribution is 2.30. The third kappa shape index (κ3) is 3.63. The van der Waals surface area contributed by atoms with E-state index in [-0.39, 0.29) is 16.1 Å². The number of hydrogen-bond donors (Lipinski definition) is 1. The summed E-state index contributed by atoms with van der Waals surface area (Å²) >= 11 is 3.05. The second kappa shape index (κ2) is 6.58. The van der Waals surface area contributed by atoms with Crippen LogP contribution < -0.4 is 5.32 Å². The summed E-state index contributed by atoms with van der Waals surface area (Å²) < 4.78 is 41.6. The number of nitrogens with one attached hydrogen (secondary N) is 1. The SMILES string of the molecule is CC(C)NC(c1ccc(F)cn1)c1c(F)ccc(Br)c1F. The highest BCUT2D eigenvalue weighted by atomic mass is 79.9. The van der Waals surface area contributed by atoms with Crippen molar-refractivity contribution >= 4 is 15.9 Å². The van der Waals surface area contributed by atoms with Crippen molar-refractivity contribution in [3.05, 3.63) is 63.6 Å². The summed E-state index contributed by atoms with van der Waals surface area (Å²) in [5.41, 5.74) is 0.207. The van der Waals surface area contributed by atoms with Gasteiger partial charge in [0.2, 0.25) is 0 Å². The molecular weight excluding hydrogens is 345 g/mol. The fraction of sp³-hybridized carbons (Fsp3) is 0.267. The molecule has 0 aliphatic carbocycles. The van der Waals surface area contributed by atoms with Gasteiger partial charge in [0.25, 0.3) is 0 Å². The summed E-state index contributed by atoms with van der Waals surface area (Å²) in [5, 5.41) is 3.05. The van der Waals surface area contributed by atoms with Crippen LogP contribution in [0.25, 0.3) is 0 Å². The molecule has 1 unspecified atom stereocenters. The molecule has 0 aliphatic heterocycles. The molecule has 0 bridgehead atoms. The van der Waals surface area contributed by atoms with Crippen molar-refractivity contribution in [3.63, 3.8) is 0 Å². The molecule has 21 heavy (non-hydrogen) atoms. The van der Waals surface area contributed by atoms with Gasteiger partial charge in [-0.25, -0.2) is 13.2 Å². The van der Waals surface area contributed by atoms with Crippen molar-refractivity contribution in [2.24, 2.45) is 0 Å². The molecular formula is C15H14BrF3N2. The lowest BCUT2D eigenvalue weighted by Gasteiger charge is -2.22. The molecule has 0 saturated heterocycles. The van der Waals surface area contributed by atoms with E-state index in [1.54, 1.807) is 0 Å². The molecule has 2 nitrogen and oxygen atoms in total. The van der Waals surface area contributed by atoms with Gasteiger partial charge in [0.1, 0.15) is 17.5 Å². The second-order valence-electron chi connectivity index (χ2n) is 4.91. The fourth-order valence-electron chi connectivity index (χ4n) is 2.02. The Hall–Kier alpha value is -1.40. The monoisotopic (exact) mass is 358 g/mol. The Morgan fingerprint density at radius 2 is 1.81 bits per heavy atom. The first-order valence-corrected chi connectivity index (χ1v) is 7.20. The van der Waals surface area contributed by atoms with Gasteiger partial charge in [0.15, 0.2) is 0 Å². The highest BCUT2D eigenvalue weighted by Gasteiger charge is 2.25. The van der Waals surface area contributed by atoms with Gasteiger partial charge in [-0.15, -0.1) is 0 Å². The summed E-state index contributed by atoms with van der Waals surface area (Å²) in [4.78, 5) is 3.93. The van der Waals surface area contributed by atoms with Gasteiger partial charge in [-0.2, -0.15) is 0 Å². The number of pyridine rings is 1. The number of halogens is 4. The topological polar surface area (TPSA) is 24.9 Å². The first-order chi connectivity index (χ1) is 9.90. The third-order valence-electron chi connectivity index (χ3n) is 2.91. The minimum absolute atomic E-state index is 0.0420. The van der Waals surface area contributed by atoms with Gasteiger partial charge in [-0.1, -0.05) is 0 Å². The van der Waals surface area contributed by atoms with E-state index in [0.29, 0.717) is 5.69 Å². The molecule has 0 fully saturated rings. The van der Waals surface area contributed by atoms with Gasteiger partial charge < -0.3 is 5.32 Å². The van der Waals surface area contributed by atoms with E-state index >= 15 is 0 Å². The van der Waals surface area contributed by atoms with Crippen molar-refractivity contribution in [1.29, 1.82) is 0 Å². The lowest BCUT2D eigenvalue weighted by molar-refractivity contribution is 0.465. The minimum atomic E-state index is -0.803. The smallest absolute Gasteiger partial charge is 0.145 e. The zero-order valence-electron chi connectivity index (χ0n) is 11.5. The lowest BCUT2D eigenvalue weighted by atomic mass is 10.0. The Morgan fingerprint density at radius 1 is 1.10 bits per heavy atom. The van der Waals surface area contributed by atoms with Crippen LogP contribution in [0.5, 0.6) is 0 Å². The van der Waals surface area contributed by atoms with Crippen LogP contribution >= 0.6 is 15.9 Å². The molecule has 2 aromatic rings. The second-order valence-corrected chi connectivity index (χ2v) is 5.77. The maximum absolute atomic E-state index is 14.3. The Kier molecular flexibility index (Phi) is 5.00. The van der Waals surface area contributed by atoms with Gasteiger partial charge in [-0.05, 0) is 54.0 Å². The van der Waals surface area contributed by atoms with E-state index in [4.69, 9.17) is 0 Å². The Bertz CT molecular complexity index is 630. The van der Waals surface area contributed by atoms with E-state index in [1.807, 2.05) is 13.8 Å². The molecule has 0 aliphatic rings. The molecule has 0 radical (unpaired) electrons. The Balaban J connectivity index is 2.56. The van der Waals surface area contributed by atoms with Gasteiger partial charge in [0.05, 0.1) is 22.4 Å². The van der Waals surface area contributed by atoms with Crippen LogP contribution in [0, 0.1) is 17.5 Å². The van der Waals surface area contributed by atoms with Crippen molar-refractivity contribution in [1.82, 2.24) is 10.3 Å². The van der Waals surface area contributed by atoms with Crippen molar-refractivity contribution in [3.8, 4) is 0 Å². The van der Waals surface area contributed by atoms with Crippen LogP contribution in [0.2, 0.25) is 0 Å². The number of benzene rings is 1. The molecule has 0 spiro atoms. The molecule has 2 rings (SSSR count). The summed E-state index contributed by atoms with van der Waals surface area (Å²) in [6.45, 7) is 3.70. The summed E-state index contributed by atoms with van der Waals surface area (Å²) in [5.74, 6) is -1.88. The molecule has 6 heteroatoms. The predicted octanol–water partition coefficient (Wildman–Crippen LogP) is 4.35. The van der Waals surface area contributed by atoms with Crippen molar-refractivity contribution in [2.75, 3.05) is 0 Å². The maximum atomic E-state index is 14.3. The van der Waals surface area contributed by atoms with E-state index < -0.39 is 23.5 Å². The third-order valence-corrected chi connectivity index (χ3v) is 3.53. The molecule has 0 amide bonds. The van der Waals surface area contributed by atoms with Gasteiger partial charge >= 0.3 is 0 Å². The number of nitrogens with zero attached hydrogens (tertiary/aromatic N) is 1. The molecule has 1 N–H and O–H groups in total. The van der Waals surface area contributed by atoms with Gasteiger partial charge in [-0.3, -0.25) is 4.98 Å². The number of hydrogen-bond acceptors (Lipinski definition) is 2. The molecule has 1 heterocycles. The molecule has 1 aromatic heterocycles. The summed E-state index contributed by atoms with van der Waals surface area (Å²) in [7, 11) is 0. The number of rotatable bonds is 4. The number of aromatic nitrogens is 1. The van der Waals surface area contributed by atoms with Crippen LogP contribution in [0.1, 0.15) is 31.1 Å². The minimum Gasteiger partial charge on any atom is -0.303 e. The Morgan fingerprint density at radius 3 is 2.38 bits per heavy atom. The molecule has 112 valence electrons. The first kappa shape index (κ1) is 16.0. The van der Waals surface area contributed by atoms with Crippen LogP contribution in [0.15, 0.2) is 34.9 Å². The predicted molar refractivity (Wildman–Crippen MR) is 78.4 cm³/mol. The normalized spacial score (nSPS) is 12.7. The van der Waals surface area contributed by atoms with Gasteiger partial charge in [0, 0.05) is 11.6 Å². The largest absolute Gasteiger partial charge is 0.303 e. The van der Waals surface area contributed by atoms with E-state index in [2.05, 4.69) is 26.2 Å². The van der Waals surface area contributed by atoms with Crippen LogP contribution in [-0.2, 0) is 0 Å². The first-order valence-electron chi connectivity index (χ1n) is 6.41. The summed E-state index contributed by atoms with van der Waals surface area (Å²) in [6, 6.07) is 4.27. The molecule has 1 aromatic carbocycles. The zero-order chi connectivity index (χ0) is 15.6. The molecule has 0 saturated carbocycles. The average Bonchev–Trinajstić information content (AvgIpc) is 2.43. The Labute approximate surface area is 129 Å². The highest BCUT2D eigenvalue weighted by molar-refractivity contribution is 9.10. The summed E-state index contributed by atoms with van der Waals surface area (Å²) in [6.07, 6.45) is 1.03. The van der Waals surface area contributed by atoms with Crippen molar-refractivity contribution < 1.29 is 13.2 Å². The quantitative estimate of drug-likeness (QED) is 0.822. The van der Waals surface area contributed by atoms with E-state index in [9.17, 15) is 13.2 Å². The fourth-order valence-corrected chi connectivity index (χ4v) is 2.36. The van der Waals surface area contributed by atoms with E-state index in [1.165, 1.54) is 24.3 Å².